The minimum Gasteiger partial charge on any atom is -0.478 e. The molecule has 2 rings (SSSR count). The Hall–Kier alpha value is -1.89. The van der Waals surface area contributed by atoms with E-state index in [0.29, 0.717) is 5.82 Å². The second kappa shape index (κ2) is 4.54. The fourth-order valence-electron chi connectivity index (χ4n) is 1.24. The third-order valence-electron chi connectivity index (χ3n) is 1.97. The van der Waals surface area contributed by atoms with Crippen LogP contribution in [0.2, 0.25) is 0 Å². The van der Waals surface area contributed by atoms with Crippen LogP contribution in [-0.4, -0.2) is 26.3 Å². The van der Waals surface area contributed by atoms with Crippen molar-refractivity contribution in [1.29, 1.82) is 0 Å². The summed E-state index contributed by atoms with van der Waals surface area (Å²) in [5.74, 6) is -1.20. The fraction of sp³-hybridized carbons (Fsp3) is 0.100. The highest BCUT2D eigenvalue weighted by atomic mass is 32.2. The molecule has 0 unspecified atom stereocenters. The van der Waals surface area contributed by atoms with Crippen LogP contribution in [0.25, 0.3) is 0 Å². The average Bonchev–Trinajstić information content (AvgIpc) is 2.67. The van der Waals surface area contributed by atoms with Crippen LogP contribution in [0.15, 0.2) is 28.3 Å². The number of rotatable bonds is 3. The molecule has 0 amide bonds. The standard InChI is InChI=1S/C10H8FN3O2S/c1-5-12-10(14-13-5)17-8-6(9(15)16)3-2-4-7(8)11/h2-4H,1H3,(H,15,16)(H,12,13,14). The second-order valence-electron chi connectivity index (χ2n) is 3.23. The van der Waals surface area contributed by atoms with E-state index in [1.54, 1.807) is 6.92 Å². The van der Waals surface area contributed by atoms with Gasteiger partial charge in [0.15, 0.2) is 0 Å². The summed E-state index contributed by atoms with van der Waals surface area (Å²) in [6, 6.07) is 3.90. The number of aromatic nitrogens is 3. The number of hydrogen-bond acceptors (Lipinski definition) is 4. The van der Waals surface area contributed by atoms with Gasteiger partial charge < -0.3 is 5.11 Å². The van der Waals surface area contributed by atoms with Crippen LogP contribution in [0.5, 0.6) is 0 Å². The Morgan fingerprint density at radius 3 is 2.88 bits per heavy atom. The third-order valence-corrected chi connectivity index (χ3v) is 2.95. The van der Waals surface area contributed by atoms with Crippen molar-refractivity contribution >= 4 is 17.7 Å². The van der Waals surface area contributed by atoms with E-state index in [4.69, 9.17) is 5.11 Å². The van der Waals surface area contributed by atoms with E-state index in [9.17, 15) is 9.18 Å². The first-order chi connectivity index (χ1) is 8.08. The van der Waals surface area contributed by atoms with E-state index in [-0.39, 0.29) is 15.6 Å². The molecule has 0 aliphatic rings. The highest BCUT2D eigenvalue weighted by Gasteiger charge is 2.17. The number of hydrogen-bond donors (Lipinski definition) is 2. The largest absolute Gasteiger partial charge is 0.478 e. The van der Waals surface area contributed by atoms with Gasteiger partial charge in [-0.3, -0.25) is 5.10 Å². The maximum Gasteiger partial charge on any atom is 0.336 e. The summed E-state index contributed by atoms with van der Waals surface area (Å²) in [4.78, 5) is 14.9. The molecular weight excluding hydrogens is 245 g/mol. The molecule has 0 saturated heterocycles. The lowest BCUT2D eigenvalue weighted by Gasteiger charge is -2.03. The van der Waals surface area contributed by atoms with E-state index in [1.165, 1.54) is 18.2 Å². The van der Waals surface area contributed by atoms with Crippen molar-refractivity contribution in [2.24, 2.45) is 0 Å². The van der Waals surface area contributed by atoms with Crippen LogP contribution in [-0.2, 0) is 0 Å². The van der Waals surface area contributed by atoms with Crippen molar-refractivity contribution < 1.29 is 14.3 Å². The van der Waals surface area contributed by atoms with Gasteiger partial charge in [0.2, 0.25) is 5.16 Å². The Morgan fingerprint density at radius 1 is 1.53 bits per heavy atom. The van der Waals surface area contributed by atoms with Crippen molar-refractivity contribution in [2.75, 3.05) is 0 Å². The van der Waals surface area contributed by atoms with Gasteiger partial charge in [0.05, 0.1) is 10.5 Å². The highest BCUT2D eigenvalue weighted by molar-refractivity contribution is 7.99. The number of aryl methyl sites for hydroxylation is 1. The van der Waals surface area contributed by atoms with Crippen LogP contribution in [0, 0.1) is 12.7 Å². The molecule has 2 N–H and O–H groups in total. The van der Waals surface area contributed by atoms with Crippen molar-refractivity contribution in [3.8, 4) is 0 Å². The summed E-state index contributed by atoms with van der Waals surface area (Å²) in [6.45, 7) is 1.70. The van der Waals surface area contributed by atoms with Crippen molar-refractivity contribution in [2.45, 2.75) is 17.0 Å². The Bertz CT molecular complexity index is 570. The summed E-state index contributed by atoms with van der Waals surface area (Å²) < 4.78 is 13.6. The molecule has 1 heterocycles. The lowest BCUT2D eigenvalue weighted by Crippen LogP contribution is -2.00. The van der Waals surface area contributed by atoms with E-state index in [0.717, 1.165) is 11.8 Å². The summed E-state index contributed by atoms with van der Waals surface area (Å²) >= 11 is 0.881. The van der Waals surface area contributed by atoms with Gasteiger partial charge in [0, 0.05) is 0 Å². The number of H-pyrrole nitrogens is 1. The molecular formula is C10H8FN3O2S. The molecule has 1 aromatic carbocycles. The molecule has 0 radical (unpaired) electrons. The molecule has 0 atom stereocenters. The van der Waals surface area contributed by atoms with Crippen LogP contribution in [0.1, 0.15) is 16.2 Å². The van der Waals surface area contributed by atoms with E-state index < -0.39 is 11.8 Å². The van der Waals surface area contributed by atoms with E-state index in [1.807, 2.05) is 0 Å². The van der Waals surface area contributed by atoms with Crippen LogP contribution >= 0.6 is 11.8 Å². The Kier molecular flexibility index (Phi) is 3.10. The number of aromatic amines is 1. The van der Waals surface area contributed by atoms with Crippen molar-refractivity contribution in [3.63, 3.8) is 0 Å². The summed E-state index contributed by atoms with van der Waals surface area (Å²) in [5, 5.41) is 15.7. The number of carbonyl (C=O) groups is 1. The Labute approximate surface area is 100 Å². The predicted octanol–water partition coefficient (Wildman–Crippen LogP) is 2.10. The SMILES string of the molecule is Cc1nc(Sc2c(F)cccc2C(=O)O)n[nH]1. The minimum atomic E-state index is -1.18. The average molecular weight is 253 g/mol. The van der Waals surface area contributed by atoms with Crippen LogP contribution < -0.4 is 0 Å². The zero-order chi connectivity index (χ0) is 12.4. The molecule has 1 aromatic heterocycles. The monoisotopic (exact) mass is 253 g/mol. The third kappa shape index (κ3) is 2.44. The van der Waals surface area contributed by atoms with Gasteiger partial charge in [-0.15, -0.1) is 5.10 Å². The van der Waals surface area contributed by atoms with Gasteiger partial charge in [-0.25, -0.2) is 14.2 Å². The summed E-state index contributed by atoms with van der Waals surface area (Å²) in [7, 11) is 0. The van der Waals surface area contributed by atoms with E-state index in [2.05, 4.69) is 15.2 Å². The molecule has 17 heavy (non-hydrogen) atoms. The number of carboxylic acids is 1. The maximum absolute atomic E-state index is 13.6. The topological polar surface area (TPSA) is 78.9 Å². The molecule has 0 bridgehead atoms. The van der Waals surface area contributed by atoms with Gasteiger partial charge in [-0.2, -0.15) is 0 Å². The zero-order valence-corrected chi connectivity index (χ0v) is 9.58. The van der Waals surface area contributed by atoms with Gasteiger partial charge in [-0.1, -0.05) is 6.07 Å². The fourth-order valence-corrected chi connectivity index (χ4v) is 2.13. The molecule has 7 heteroatoms. The van der Waals surface area contributed by atoms with Gasteiger partial charge in [-0.05, 0) is 30.8 Å². The quantitative estimate of drug-likeness (QED) is 0.875. The number of nitrogens with zero attached hydrogens (tertiary/aromatic N) is 2. The maximum atomic E-state index is 13.6. The van der Waals surface area contributed by atoms with Gasteiger partial charge in [0.1, 0.15) is 11.6 Å². The molecule has 0 aliphatic carbocycles. The molecule has 0 aliphatic heterocycles. The molecule has 88 valence electrons. The second-order valence-corrected chi connectivity index (χ2v) is 4.20. The smallest absolute Gasteiger partial charge is 0.336 e. The first-order valence-electron chi connectivity index (χ1n) is 4.66. The molecule has 0 fully saturated rings. The molecule has 5 nitrogen and oxygen atoms in total. The predicted molar refractivity (Wildman–Crippen MR) is 58.6 cm³/mol. The lowest BCUT2D eigenvalue weighted by atomic mass is 10.2. The number of carboxylic acid groups (broad SMARTS) is 1. The Morgan fingerprint density at radius 2 is 2.29 bits per heavy atom. The van der Waals surface area contributed by atoms with E-state index >= 15 is 0 Å². The van der Waals surface area contributed by atoms with Gasteiger partial charge in [0.25, 0.3) is 0 Å². The normalized spacial score (nSPS) is 10.5. The van der Waals surface area contributed by atoms with Crippen LogP contribution in [0.4, 0.5) is 4.39 Å². The van der Waals surface area contributed by atoms with Gasteiger partial charge >= 0.3 is 5.97 Å². The molecule has 0 spiro atoms. The zero-order valence-electron chi connectivity index (χ0n) is 8.77. The van der Waals surface area contributed by atoms with Crippen LogP contribution in [0.3, 0.4) is 0 Å². The highest BCUT2D eigenvalue weighted by Crippen LogP contribution is 2.30. The summed E-state index contributed by atoms with van der Waals surface area (Å²) in [5.41, 5.74) is -0.0996. The first kappa shape index (κ1) is 11.6. The number of benzene rings is 1. The number of nitrogens with one attached hydrogen (secondary N) is 1. The first-order valence-corrected chi connectivity index (χ1v) is 5.48. The Balaban J connectivity index is 2.40. The number of halogens is 1. The summed E-state index contributed by atoms with van der Waals surface area (Å²) in [6.07, 6.45) is 0. The lowest BCUT2D eigenvalue weighted by molar-refractivity contribution is 0.0692. The van der Waals surface area contributed by atoms with Crippen molar-refractivity contribution in [3.05, 3.63) is 35.4 Å². The molecule has 0 saturated carbocycles. The molecule has 2 aromatic rings. The van der Waals surface area contributed by atoms with Crippen molar-refractivity contribution in [1.82, 2.24) is 15.2 Å². The minimum absolute atomic E-state index is 0.0130. The number of aromatic carboxylic acids is 1.